The number of halogens is 3. The lowest BCUT2D eigenvalue weighted by atomic mass is 10.2. The van der Waals surface area contributed by atoms with Crippen molar-refractivity contribution in [2.24, 2.45) is 0 Å². The summed E-state index contributed by atoms with van der Waals surface area (Å²) in [7, 11) is 0. The van der Waals surface area contributed by atoms with Gasteiger partial charge in [-0.25, -0.2) is 0 Å². The van der Waals surface area contributed by atoms with E-state index in [1.165, 1.54) is 6.08 Å². The molecule has 0 saturated heterocycles. The molecular weight excluding hydrogens is 361 g/mol. The second-order valence-corrected chi connectivity index (χ2v) is 5.69. The summed E-state index contributed by atoms with van der Waals surface area (Å²) in [5, 5.41) is 3.76. The smallest absolute Gasteiger partial charge is 0.248 e. The van der Waals surface area contributed by atoms with E-state index in [1.807, 2.05) is 12.1 Å². The average molecular weight is 371 g/mol. The average Bonchev–Trinajstić information content (AvgIpc) is 2.41. The van der Waals surface area contributed by atoms with Crippen LogP contribution in [0.15, 0.2) is 53.0 Å². The van der Waals surface area contributed by atoms with E-state index in [9.17, 15) is 4.79 Å². The Bertz CT molecular complexity index is 633. The van der Waals surface area contributed by atoms with Crippen molar-refractivity contribution in [2.75, 3.05) is 5.32 Å². The summed E-state index contributed by atoms with van der Waals surface area (Å²) in [6, 6.07) is 12.5. The van der Waals surface area contributed by atoms with Crippen LogP contribution in [-0.2, 0) is 4.79 Å². The maximum absolute atomic E-state index is 11.8. The van der Waals surface area contributed by atoms with Crippen LogP contribution in [0.2, 0.25) is 10.0 Å². The predicted octanol–water partition coefficient (Wildman–Crippen LogP) is 5.41. The molecule has 102 valence electrons. The Morgan fingerprint density at radius 3 is 2.25 bits per heavy atom. The third-order valence-corrected chi connectivity index (χ3v) is 3.70. The summed E-state index contributed by atoms with van der Waals surface area (Å²) in [5.74, 6) is -0.247. The van der Waals surface area contributed by atoms with Gasteiger partial charge in [-0.1, -0.05) is 45.2 Å². The summed E-state index contributed by atoms with van der Waals surface area (Å²) in [6.07, 6.45) is 2.99. The molecule has 1 amide bonds. The summed E-state index contributed by atoms with van der Waals surface area (Å²) in [5.41, 5.74) is 1.34. The van der Waals surface area contributed by atoms with Gasteiger partial charge in [-0.3, -0.25) is 4.79 Å². The van der Waals surface area contributed by atoms with Gasteiger partial charge in [0.15, 0.2) is 0 Å². The summed E-state index contributed by atoms with van der Waals surface area (Å²) in [6.45, 7) is 0. The molecule has 0 saturated carbocycles. The quantitative estimate of drug-likeness (QED) is 0.719. The standard InChI is InChI=1S/C15H10BrCl2NO/c16-10-4-6-11(7-5-10)19-15(20)9-8-12-13(17)2-1-3-14(12)18/h1-9H,(H,19,20)/b9-8+. The molecule has 0 atom stereocenters. The SMILES string of the molecule is O=C(/C=C/c1c(Cl)cccc1Cl)Nc1ccc(Br)cc1. The molecule has 0 aliphatic carbocycles. The Kier molecular flexibility index (Phi) is 5.24. The van der Waals surface area contributed by atoms with E-state index >= 15 is 0 Å². The number of benzene rings is 2. The maximum Gasteiger partial charge on any atom is 0.248 e. The number of carbonyl (C=O) groups is 1. The number of amides is 1. The molecule has 0 aromatic heterocycles. The highest BCUT2D eigenvalue weighted by Crippen LogP contribution is 2.25. The van der Waals surface area contributed by atoms with Crippen LogP contribution >= 0.6 is 39.1 Å². The molecular formula is C15H10BrCl2NO. The number of hydrogen-bond acceptors (Lipinski definition) is 1. The van der Waals surface area contributed by atoms with Crippen LogP contribution in [-0.4, -0.2) is 5.91 Å². The van der Waals surface area contributed by atoms with Crippen molar-refractivity contribution in [1.82, 2.24) is 0 Å². The van der Waals surface area contributed by atoms with Crippen LogP contribution in [0.3, 0.4) is 0 Å². The lowest BCUT2D eigenvalue weighted by molar-refractivity contribution is -0.111. The zero-order valence-electron chi connectivity index (χ0n) is 10.2. The van der Waals surface area contributed by atoms with Crippen molar-refractivity contribution < 1.29 is 4.79 Å². The Hall–Kier alpha value is -1.29. The number of hydrogen-bond donors (Lipinski definition) is 1. The molecule has 0 aliphatic rings. The van der Waals surface area contributed by atoms with E-state index < -0.39 is 0 Å². The third-order valence-electron chi connectivity index (χ3n) is 2.51. The van der Waals surface area contributed by atoms with E-state index in [1.54, 1.807) is 36.4 Å². The van der Waals surface area contributed by atoms with Crippen LogP contribution < -0.4 is 5.32 Å². The van der Waals surface area contributed by atoms with Gasteiger partial charge in [0.1, 0.15) is 0 Å². The molecule has 0 unspecified atom stereocenters. The topological polar surface area (TPSA) is 29.1 Å². The molecule has 2 aromatic rings. The van der Waals surface area contributed by atoms with Crippen LogP contribution in [0.4, 0.5) is 5.69 Å². The van der Waals surface area contributed by atoms with Crippen molar-refractivity contribution >= 4 is 56.8 Å². The van der Waals surface area contributed by atoms with Gasteiger partial charge in [-0.15, -0.1) is 0 Å². The van der Waals surface area contributed by atoms with Gasteiger partial charge in [-0.2, -0.15) is 0 Å². The fourth-order valence-electron chi connectivity index (χ4n) is 1.55. The minimum Gasteiger partial charge on any atom is -0.323 e. The second kappa shape index (κ2) is 6.93. The molecule has 0 radical (unpaired) electrons. The summed E-state index contributed by atoms with van der Waals surface area (Å²) in [4.78, 5) is 11.8. The minimum absolute atomic E-state index is 0.247. The normalized spacial score (nSPS) is 10.8. The van der Waals surface area contributed by atoms with Crippen LogP contribution in [0.25, 0.3) is 6.08 Å². The molecule has 0 heterocycles. The number of carbonyl (C=O) groups excluding carboxylic acids is 1. The molecule has 2 rings (SSSR count). The largest absolute Gasteiger partial charge is 0.323 e. The van der Waals surface area contributed by atoms with Gasteiger partial charge in [0.2, 0.25) is 5.91 Å². The molecule has 2 nitrogen and oxygen atoms in total. The lowest BCUT2D eigenvalue weighted by Gasteiger charge is -2.03. The molecule has 0 bridgehead atoms. The summed E-state index contributed by atoms with van der Waals surface area (Å²) >= 11 is 15.4. The number of nitrogens with one attached hydrogen (secondary N) is 1. The van der Waals surface area contributed by atoms with Gasteiger partial charge < -0.3 is 5.32 Å². The fraction of sp³-hybridized carbons (Fsp3) is 0. The van der Waals surface area contributed by atoms with E-state index in [0.29, 0.717) is 21.3 Å². The number of anilines is 1. The van der Waals surface area contributed by atoms with E-state index in [4.69, 9.17) is 23.2 Å². The zero-order chi connectivity index (χ0) is 14.5. The number of rotatable bonds is 3. The maximum atomic E-state index is 11.8. The van der Waals surface area contributed by atoms with Crippen molar-refractivity contribution in [3.63, 3.8) is 0 Å². The zero-order valence-corrected chi connectivity index (χ0v) is 13.3. The molecule has 0 fully saturated rings. The molecule has 0 spiro atoms. The van der Waals surface area contributed by atoms with Crippen molar-refractivity contribution in [1.29, 1.82) is 0 Å². The first kappa shape index (κ1) is 15.1. The first-order valence-corrected chi connectivity index (χ1v) is 7.30. The Labute approximate surface area is 135 Å². The van der Waals surface area contributed by atoms with Gasteiger partial charge in [0.05, 0.1) is 0 Å². The monoisotopic (exact) mass is 369 g/mol. The van der Waals surface area contributed by atoms with Crippen molar-refractivity contribution in [3.8, 4) is 0 Å². The van der Waals surface area contributed by atoms with Gasteiger partial charge in [-0.05, 0) is 42.5 Å². The van der Waals surface area contributed by atoms with Crippen molar-refractivity contribution in [3.05, 3.63) is 68.6 Å². The lowest BCUT2D eigenvalue weighted by Crippen LogP contribution is -2.07. The molecule has 2 aromatic carbocycles. The van der Waals surface area contributed by atoms with Crippen LogP contribution in [0, 0.1) is 0 Å². The van der Waals surface area contributed by atoms with E-state index in [0.717, 1.165) is 4.47 Å². The highest BCUT2D eigenvalue weighted by atomic mass is 79.9. The van der Waals surface area contributed by atoms with Gasteiger partial charge in [0, 0.05) is 31.8 Å². The van der Waals surface area contributed by atoms with Gasteiger partial charge >= 0.3 is 0 Å². The third kappa shape index (κ3) is 4.10. The fourth-order valence-corrected chi connectivity index (χ4v) is 2.33. The molecule has 5 heteroatoms. The first-order chi connectivity index (χ1) is 9.56. The highest BCUT2D eigenvalue weighted by molar-refractivity contribution is 9.10. The Morgan fingerprint density at radius 1 is 1.05 bits per heavy atom. The van der Waals surface area contributed by atoms with Crippen molar-refractivity contribution in [2.45, 2.75) is 0 Å². The first-order valence-electron chi connectivity index (χ1n) is 5.75. The minimum atomic E-state index is -0.247. The van der Waals surface area contributed by atoms with Crippen LogP contribution in [0.5, 0.6) is 0 Å². The molecule has 0 aliphatic heterocycles. The summed E-state index contributed by atoms with van der Waals surface area (Å²) < 4.78 is 0.953. The second-order valence-electron chi connectivity index (χ2n) is 3.96. The van der Waals surface area contributed by atoms with Gasteiger partial charge in [0.25, 0.3) is 0 Å². The molecule has 20 heavy (non-hydrogen) atoms. The highest BCUT2D eigenvalue weighted by Gasteiger charge is 2.03. The van der Waals surface area contributed by atoms with Crippen LogP contribution in [0.1, 0.15) is 5.56 Å². The Balaban J connectivity index is 2.08. The van der Waals surface area contributed by atoms with E-state index in [2.05, 4.69) is 21.2 Å². The molecule has 1 N–H and O–H groups in total. The predicted molar refractivity (Wildman–Crippen MR) is 88.3 cm³/mol. The Morgan fingerprint density at radius 2 is 1.65 bits per heavy atom. The van der Waals surface area contributed by atoms with E-state index in [-0.39, 0.29) is 5.91 Å².